The van der Waals surface area contributed by atoms with E-state index in [0.29, 0.717) is 24.6 Å². The summed E-state index contributed by atoms with van der Waals surface area (Å²) in [6, 6.07) is 3.65. The highest BCUT2D eigenvalue weighted by Crippen LogP contribution is 2.36. The molecule has 1 aromatic rings. The number of carbonyl (C=O) groups is 1. The molecule has 0 atom stereocenters. The lowest BCUT2D eigenvalue weighted by atomic mass is 9.92. The molecular formula is C29H47F4N3O2. The Kier molecular flexibility index (Phi) is 17.2. The second-order valence-corrected chi connectivity index (χ2v) is 9.73. The first-order valence-electron chi connectivity index (χ1n) is 13.2. The van der Waals surface area contributed by atoms with Gasteiger partial charge < -0.3 is 15.6 Å². The highest BCUT2D eigenvalue weighted by Gasteiger charge is 2.32. The quantitative estimate of drug-likeness (QED) is 0.153. The van der Waals surface area contributed by atoms with Gasteiger partial charge >= 0.3 is 0 Å². The molecule has 1 saturated heterocycles. The summed E-state index contributed by atoms with van der Waals surface area (Å²) < 4.78 is 55.3. The van der Waals surface area contributed by atoms with Crippen molar-refractivity contribution < 1.29 is 27.5 Å². The van der Waals surface area contributed by atoms with Crippen molar-refractivity contribution in [3.63, 3.8) is 0 Å². The van der Waals surface area contributed by atoms with Gasteiger partial charge in [-0.2, -0.15) is 0 Å². The van der Waals surface area contributed by atoms with E-state index in [0.717, 1.165) is 83.7 Å². The number of carbonyl (C=O) groups excluding carboxylic acids is 1. The van der Waals surface area contributed by atoms with Crippen molar-refractivity contribution in [2.24, 2.45) is 16.6 Å². The molecule has 0 aliphatic carbocycles. The van der Waals surface area contributed by atoms with Crippen LogP contribution in [0.4, 0.5) is 17.6 Å². The number of aliphatic hydroxyl groups is 1. The molecule has 0 unspecified atom stereocenters. The summed E-state index contributed by atoms with van der Waals surface area (Å²) in [5.74, 6) is -5.85. The lowest BCUT2D eigenvalue weighted by Crippen LogP contribution is -2.33. The number of alkyl halides is 4. The number of halogens is 4. The van der Waals surface area contributed by atoms with E-state index in [1.807, 2.05) is 6.92 Å². The van der Waals surface area contributed by atoms with E-state index < -0.39 is 11.8 Å². The molecule has 0 saturated carbocycles. The van der Waals surface area contributed by atoms with Gasteiger partial charge in [-0.1, -0.05) is 18.2 Å². The van der Waals surface area contributed by atoms with Gasteiger partial charge in [-0.05, 0) is 95.6 Å². The smallest absolute Gasteiger partial charge is 0.270 e. The Morgan fingerprint density at radius 3 is 2.13 bits per heavy atom. The fourth-order valence-corrected chi connectivity index (χ4v) is 4.00. The summed E-state index contributed by atoms with van der Waals surface area (Å²) in [4.78, 5) is 15.1. The number of nitrogens with two attached hydrogens (primary N) is 1. The molecule has 1 aliphatic heterocycles. The molecule has 38 heavy (non-hydrogen) atoms. The third kappa shape index (κ3) is 14.2. The standard InChI is InChI=1S/C22H30F4N2.C5H13NO.C2H4O/c1-15(16(2)27-5)12-17-8-10-28(11-9-17)14-18-6-7-19(21(3,23)24)13-20(18)22(4,25)26;6-4-2-1-3-5-7;1-2-3/h6-7,12-13,17H,8-11,14H2,1-5H3;7H,1-6H2;2H,1H3/b15-12+,27-16?;;. The number of likely N-dealkylation sites (tertiary alicyclic amines) is 1. The van der Waals surface area contributed by atoms with Crippen LogP contribution in [-0.4, -0.2) is 55.3 Å². The van der Waals surface area contributed by atoms with E-state index in [1.165, 1.54) is 24.6 Å². The summed E-state index contributed by atoms with van der Waals surface area (Å²) in [5, 5.41) is 8.25. The van der Waals surface area contributed by atoms with E-state index in [4.69, 9.17) is 15.6 Å². The van der Waals surface area contributed by atoms with E-state index >= 15 is 0 Å². The van der Waals surface area contributed by atoms with Gasteiger partial charge in [0.15, 0.2) is 0 Å². The van der Waals surface area contributed by atoms with Gasteiger partial charge in [0.25, 0.3) is 11.8 Å². The average molecular weight is 546 g/mol. The summed E-state index contributed by atoms with van der Waals surface area (Å²) in [6.07, 6.45) is 7.88. The van der Waals surface area contributed by atoms with Crippen LogP contribution in [0.1, 0.15) is 83.4 Å². The van der Waals surface area contributed by atoms with Crippen LogP contribution < -0.4 is 5.73 Å². The maximum Gasteiger partial charge on any atom is 0.270 e. The minimum Gasteiger partial charge on any atom is -0.396 e. The lowest BCUT2D eigenvalue weighted by Gasteiger charge is -2.32. The van der Waals surface area contributed by atoms with Crippen LogP contribution in [-0.2, 0) is 23.2 Å². The molecule has 0 amide bonds. The first kappa shape index (κ1) is 35.9. The fraction of sp³-hybridized carbons (Fsp3) is 0.655. The molecule has 218 valence electrons. The van der Waals surface area contributed by atoms with E-state index in [9.17, 15) is 17.6 Å². The van der Waals surface area contributed by atoms with Gasteiger partial charge in [-0.3, -0.25) is 9.89 Å². The largest absolute Gasteiger partial charge is 0.396 e. The number of aliphatic hydroxyl groups excluding tert-OH is 1. The number of nitrogens with zero attached hydrogens (tertiary/aromatic N) is 2. The van der Waals surface area contributed by atoms with Gasteiger partial charge in [-0.15, -0.1) is 0 Å². The molecule has 2 rings (SSSR count). The maximum atomic E-state index is 14.1. The first-order chi connectivity index (χ1) is 17.7. The number of rotatable bonds is 10. The number of unbranched alkanes of at least 4 members (excludes halogenated alkanes) is 2. The highest BCUT2D eigenvalue weighted by atomic mass is 19.3. The predicted octanol–water partition coefficient (Wildman–Crippen LogP) is 6.47. The molecule has 1 aromatic carbocycles. The second-order valence-electron chi connectivity index (χ2n) is 9.73. The van der Waals surface area contributed by atoms with Gasteiger partial charge in [0.2, 0.25) is 0 Å². The van der Waals surface area contributed by atoms with Crippen LogP contribution in [0.2, 0.25) is 0 Å². The van der Waals surface area contributed by atoms with Crippen molar-refractivity contribution >= 4 is 12.0 Å². The zero-order valence-corrected chi connectivity index (χ0v) is 23.9. The topological polar surface area (TPSA) is 78.9 Å². The SMILES string of the molecule is CC=O.CN=C(C)/C(C)=C/C1CCN(Cc2ccc(C(C)(F)F)cc2C(C)(F)F)CC1.NCCCCCO. The van der Waals surface area contributed by atoms with Gasteiger partial charge in [0.1, 0.15) is 6.29 Å². The number of allylic oxidation sites excluding steroid dienone is 2. The summed E-state index contributed by atoms with van der Waals surface area (Å²) >= 11 is 0. The Labute approximate surface area is 226 Å². The molecule has 0 bridgehead atoms. The number of hydrogen-bond donors (Lipinski definition) is 2. The summed E-state index contributed by atoms with van der Waals surface area (Å²) in [6.45, 7) is 9.95. The molecule has 9 heteroatoms. The third-order valence-electron chi connectivity index (χ3n) is 6.37. The molecule has 0 aromatic heterocycles. The molecule has 1 heterocycles. The Balaban J connectivity index is 0.00000117. The van der Waals surface area contributed by atoms with Crippen LogP contribution in [0.15, 0.2) is 34.8 Å². The Morgan fingerprint density at radius 1 is 1.11 bits per heavy atom. The zero-order valence-electron chi connectivity index (χ0n) is 23.9. The molecule has 0 radical (unpaired) electrons. The van der Waals surface area contributed by atoms with E-state index in [1.54, 1.807) is 7.05 Å². The van der Waals surface area contributed by atoms with E-state index in [2.05, 4.69) is 22.9 Å². The Bertz CT molecular complexity index is 866. The predicted molar refractivity (Wildman–Crippen MR) is 148 cm³/mol. The van der Waals surface area contributed by atoms with Crippen molar-refractivity contribution in [1.82, 2.24) is 4.90 Å². The first-order valence-corrected chi connectivity index (χ1v) is 13.2. The fourth-order valence-electron chi connectivity index (χ4n) is 4.00. The highest BCUT2D eigenvalue weighted by molar-refractivity contribution is 5.97. The molecule has 5 nitrogen and oxygen atoms in total. The zero-order chi connectivity index (χ0) is 29.4. The van der Waals surface area contributed by atoms with Gasteiger partial charge in [0, 0.05) is 50.9 Å². The Morgan fingerprint density at radius 2 is 1.68 bits per heavy atom. The van der Waals surface area contributed by atoms with Gasteiger partial charge in [-0.25, -0.2) is 17.6 Å². The Hall–Kier alpha value is -2.10. The summed E-state index contributed by atoms with van der Waals surface area (Å²) in [5.41, 5.74) is 7.11. The molecule has 1 fully saturated rings. The molecule has 0 spiro atoms. The van der Waals surface area contributed by atoms with Crippen LogP contribution >= 0.6 is 0 Å². The second kappa shape index (κ2) is 18.2. The van der Waals surface area contributed by atoms with Crippen molar-refractivity contribution in [1.29, 1.82) is 0 Å². The van der Waals surface area contributed by atoms with Crippen molar-refractivity contribution in [3.8, 4) is 0 Å². The maximum absolute atomic E-state index is 14.1. The van der Waals surface area contributed by atoms with Crippen LogP contribution in [0, 0.1) is 5.92 Å². The minimum atomic E-state index is -3.16. The molecule has 3 N–H and O–H groups in total. The lowest BCUT2D eigenvalue weighted by molar-refractivity contribution is -0.106. The van der Waals surface area contributed by atoms with Crippen molar-refractivity contribution in [2.75, 3.05) is 33.3 Å². The number of benzene rings is 1. The molecule has 1 aliphatic rings. The number of aldehydes is 1. The van der Waals surface area contributed by atoms with E-state index in [-0.39, 0.29) is 11.1 Å². The van der Waals surface area contributed by atoms with Crippen LogP contribution in [0.25, 0.3) is 0 Å². The summed E-state index contributed by atoms with van der Waals surface area (Å²) in [7, 11) is 1.77. The third-order valence-corrected chi connectivity index (χ3v) is 6.37. The van der Waals surface area contributed by atoms with Gasteiger partial charge in [0.05, 0.1) is 0 Å². The average Bonchev–Trinajstić information content (AvgIpc) is 2.85. The normalized spacial score (nSPS) is 15.8. The monoisotopic (exact) mass is 545 g/mol. The van der Waals surface area contributed by atoms with Crippen LogP contribution in [0.3, 0.4) is 0 Å². The molecular weight excluding hydrogens is 498 g/mol. The van der Waals surface area contributed by atoms with Crippen LogP contribution in [0.5, 0.6) is 0 Å². The van der Waals surface area contributed by atoms with Crippen molar-refractivity contribution in [3.05, 3.63) is 46.5 Å². The minimum absolute atomic E-state index is 0.306. The number of piperidine rings is 1. The number of hydrogen-bond acceptors (Lipinski definition) is 5. The number of aliphatic imine (C=N–C) groups is 1. The van der Waals surface area contributed by atoms with Crippen molar-refractivity contribution in [2.45, 2.75) is 85.1 Å².